The van der Waals surface area contributed by atoms with Crippen LogP contribution in [0.2, 0.25) is 0 Å². The van der Waals surface area contributed by atoms with Crippen LogP contribution in [0.25, 0.3) is 0 Å². The van der Waals surface area contributed by atoms with Crippen LogP contribution in [0.5, 0.6) is 0 Å². The summed E-state index contributed by atoms with van der Waals surface area (Å²) in [5.74, 6) is 1.98. The molecule has 1 saturated carbocycles. The maximum absolute atomic E-state index is 4.80. The molecule has 3 rings (SSSR count). The van der Waals surface area contributed by atoms with Gasteiger partial charge in [0.2, 0.25) is 5.95 Å². The fourth-order valence-corrected chi connectivity index (χ4v) is 3.29. The van der Waals surface area contributed by atoms with Crippen molar-refractivity contribution in [1.82, 2.24) is 9.55 Å². The highest BCUT2D eigenvalue weighted by atomic mass is 15.2. The third kappa shape index (κ3) is 2.15. The fourth-order valence-electron chi connectivity index (χ4n) is 3.29. The van der Waals surface area contributed by atoms with E-state index in [1.54, 1.807) is 0 Å². The van der Waals surface area contributed by atoms with Crippen molar-refractivity contribution in [3.8, 4) is 0 Å². The lowest BCUT2D eigenvalue weighted by Gasteiger charge is -2.29. The molecule has 1 aliphatic heterocycles. The van der Waals surface area contributed by atoms with E-state index in [0.717, 1.165) is 18.4 Å². The number of hydrogen-bond donors (Lipinski definition) is 1. The molecular formula is C15H25N3. The summed E-state index contributed by atoms with van der Waals surface area (Å²) in [6.07, 6.45) is 9.15. The van der Waals surface area contributed by atoms with Crippen LogP contribution < -0.4 is 5.32 Å². The molecule has 1 atom stereocenters. The molecule has 1 unspecified atom stereocenters. The zero-order valence-corrected chi connectivity index (χ0v) is 11.9. The molecule has 3 nitrogen and oxygen atoms in total. The number of rotatable bonds is 1. The summed E-state index contributed by atoms with van der Waals surface area (Å²) in [6.45, 7) is 7.83. The van der Waals surface area contributed by atoms with Gasteiger partial charge in [0.1, 0.15) is 0 Å². The van der Waals surface area contributed by atoms with Crippen molar-refractivity contribution in [3.63, 3.8) is 0 Å². The minimum absolute atomic E-state index is 0.148. The van der Waals surface area contributed by atoms with Crippen LogP contribution in [0, 0.1) is 5.92 Å². The van der Waals surface area contributed by atoms with Crippen molar-refractivity contribution in [3.05, 3.63) is 11.9 Å². The monoisotopic (exact) mass is 247 g/mol. The van der Waals surface area contributed by atoms with Gasteiger partial charge in [0.15, 0.2) is 0 Å². The Bertz CT molecular complexity index is 421. The summed E-state index contributed by atoms with van der Waals surface area (Å²) in [7, 11) is 0. The van der Waals surface area contributed by atoms with Crippen molar-refractivity contribution in [2.45, 2.75) is 70.9 Å². The summed E-state index contributed by atoms with van der Waals surface area (Å²) in [6, 6.07) is 0.662. The second-order valence-electron chi connectivity index (χ2n) is 6.98. The number of aryl methyl sites for hydroxylation is 1. The molecule has 100 valence electrons. The van der Waals surface area contributed by atoms with E-state index in [4.69, 9.17) is 4.98 Å². The largest absolute Gasteiger partial charge is 0.353 e. The molecule has 1 N–H and O–H groups in total. The minimum atomic E-state index is 0.148. The van der Waals surface area contributed by atoms with Gasteiger partial charge in [-0.05, 0) is 25.2 Å². The maximum Gasteiger partial charge on any atom is 0.203 e. The van der Waals surface area contributed by atoms with E-state index >= 15 is 0 Å². The van der Waals surface area contributed by atoms with Crippen LogP contribution in [0.3, 0.4) is 0 Å². The van der Waals surface area contributed by atoms with Gasteiger partial charge in [0.25, 0.3) is 0 Å². The summed E-state index contributed by atoms with van der Waals surface area (Å²) in [5.41, 5.74) is 1.35. The van der Waals surface area contributed by atoms with Gasteiger partial charge < -0.3 is 9.88 Å². The Morgan fingerprint density at radius 3 is 2.61 bits per heavy atom. The Labute approximate surface area is 110 Å². The molecule has 1 fully saturated rings. The van der Waals surface area contributed by atoms with Gasteiger partial charge in [-0.3, -0.25) is 0 Å². The minimum Gasteiger partial charge on any atom is -0.353 e. The van der Waals surface area contributed by atoms with E-state index < -0.39 is 0 Å². The summed E-state index contributed by atoms with van der Waals surface area (Å²) in [4.78, 5) is 4.80. The van der Waals surface area contributed by atoms with Gasteiger partial charge in [0, 0.05) is 24.2 Å². The van der Waals surface area contributed by atoms with E-state index in [2.05, 4.69) is 36.9 Å². The van der Waals surface area contributed by atoms with Gasteiger partial charge in [-0.1, -0.05) is 33.6 Å². The predicted octanol–water partition coefficient (Wildman–Crippen LogP) is 3.56. The molecule has 0 radical (unpaired) electrons. The number of imidazole rings is 1. The number of nitrogens with one attached hydrogen (secondary N) is 1. The maximum atomic E-state index is 4.80. The molecule has 1 aliphatic carbocycles. The number of fused-ring (bicyclic) bond motifs is 1. The highest BCUT2D eigenvalue weighted by molar-refractivity contribution is 5.34. The topological polar surface area (TPSA) is 29.9 Å². The van der Waals surface area contributed by atoms with Crippen molar-refractivity contribution in [2.24, 2.45) is 5.92 Å². The van der Waals surface area contributed by atoms with Gasteiger partial charge >= 0.3 is 0 Å². The SMILES string of the molecule is CC(C)(C)c1cn2c(n1)NC(C1CCCC1)CC2. The van der Waals surface area contributed by atoms with E-state index in [9.17, 15) is 0 Å². The average Bonchev–Trinajstić information content (AvgIpc) is 2.96. The Balaban J connectivity index is 1.78. The number of nitrogens with zero attached hydrogens (tertiary/aromatic N) is 2. The summed E-state index contributed by atoms with van der Waals surface area (Å²) >= 11 is 0. The molecule has 0 bridgehead atoms. The average molecular weight is 247 g/mol. The molecule has 0 saturated heterocycles. The van der Waals surface area contributed by atoms with Gasteiger partial charge in [-0.15, -0.1) is 0 Å². The van der Waals surface area contributed by atoms with E-state index in [0.29, 0.717) is 6.04 Å². The molecule has 1 aromatic rings. The second-order valence-corrected chi connectivity index (χ2v) is 6.98. The van der Waals surface area contributed by atoms with Crippen LogP contribution >= 0.6 is 0 Å². The lowest BCUT2D eigenvalue weighted by molar-refractivity contribution is 0.392. The first-order valence-corrected chi connectivity index (χ1v) is 7.38. The molecule has 0 aromatic carbocycles. The highest BCUT2D eigenvalue weighted by Crippen LogP contribution is 2.34. The van der Waals surface area contributed by atoms with Gasteiger partial charge in [-0.25, -0.2) is 4.98 Å². The summed E-state index contributed by atoms with van der Waals surface area (Å²) < 4.78 is 2.30. The highest BCUT2D eigenvalue weighted by Gasteiger charge is 2.30. The second kappa shape index (κ2) is 4.29. The van der Waals surface area contributed by atoms with Gasteiger partial charge in [-0.2, -0.15) is 0 Å². The van der Waals surface area contributed by atoms with Crippen LogP contribution in [0.1, 0.15) is 58.6 Å². The van der Waals surface area contributed by atoms with Crippen LogP contribution in [-0.4, -0.2) is 15.6 Å². The number of hydrogen-bond acceptors (Lipinski definition) is 2. The van der Waals surface area contributed by atoms with Crippen LogP contribution in [0.4, 0.5) is 5.95 Å². The van der Waals surface area contributed by atoms with Crippen molar-refractivity contribution >= 4 is 5.95 Å². The lowest BCUT2D eigenvalue weighted by atomic mass is 9.93. The predicted molar refractivity (Wildman–Crippen MR) is 74.9 cm³/mol. The third-order valence-electron chi connectivity index (χ3n) is 4.51. The van der Waals surface area contributed by atoms with Crippen LogP contribution in [-0.2, 0) is 12.0 Å². The van der Waals surface area contributed by atoms with E-state index in [1.165, 1.54) is 37.8 Å². The quantitative estimate of drug-likeness (QED) is 0.822. The van der Waals surface area contributed by atoms with E-state index in [-0.39, 0.29) is 5.41 Å². The Hall–Kier alpha value is -0.990. The Morgan fingerprint density at radius 2 is 1.94 bits per heavy atom. The van der Waals surface area contributed by atoms with Crippen molar-refractivity contribution < 1.29 is 0 Å². The summed E-state index contributed by atoms with van der Waals surface area (Å²) in [5, 5.41) is 3.68. The zero-order valence-electron chi connectivity index (χ0n) is 11.9. The first-order valence-electron chi connectivity index (χ1n) is 7.38. The van der Waals surface area contributed by atoms with Crippen LogP contribution in [0.15, 0.2) is 6.20 Å². The number of anilines is 1. The Kier molecular flexibility index (Phi) is 2.87. The zero-order chi connectivity index (χ0) is 12.8. The smallest absolute Gasteiger partial charge is 0.203 e. The van der Waals surface area contributed by atoms with Gasteiger partial charge in [0.05, 0.1) is 5.69 Å². The lowest BCUT2D eigenvalue weighted by Crippen LogP contribution is -2.34. The molecule has 0 amide bonds. The Morgan fingerprint density at radius 1 is 1.22 bits per heavy atom. The molecule has 2 heterocycles. The van der Waals surface area contributed by atoms with E-state index in [1.807, 2.05) is 0 Å². The molecular weight excluding hydrogens is 222 g/mol. The first kappa shape index (κ1) is 12.1. The van der Waals surface area contributed by atoms with Crippen molar-refractivity contribution in [2.75, 3.05) is 5.32 Å². The third-order valence-corrected chi connectivity index (χ3v) is 4.51. The first-order chi connectivity index (χ1) is 8.54. The molecule has 3 heteroatoms. The standard InChI is InChI=1S/C15H25N3/c1-15(2,3)13-10-18-9-8-12(16-14(18)17-13)11-6-4-5-7-11/h10-12H,4-9H2,1-3H3,(H,16,17). The normalized spacial score (nSPS) is 24.9. The molecule has 18 heavy (non-hydrogen) atoms. The van der Waals surface area contributed by atoms with Crippen molar-refractivity contribution in [1.29, 1.82) is 0 Å². The number of aromatic nitrogens is 2. The molecule has 0 spiro atoms. The molecule has 2 aliphatic rings. The molecule has 1 aromatic heterocycles. The fraction of sp³-hybridized carbons (Fsp3) is 0.800.